The van der Waals surface area contributed by atoms with E-state index in [4.69, 9.17) is 10.2 Å². The van der Waals surface area contributed by atoms with E-state index >= 15 is 0 Å². The molecule has 1 aromatic rings. The summed E-state index contributed by atoms with van der Waals surface area (Å²) in [6.45, 7) is -0.476. The molecule has 0 aliphatic rings. The normalized spacial score (nSPS) is 12.2. The number of rotatable bonds is 4. The predicted octanol–water partition coefficient (Wildman–Crippen LogP) is -7.87. The second kappa shape index (κ2) is 9.23. The molecule has 1 rings (SSSR count). The Balaban J connectivity index is 0. The van der Waals surface area contributed by atoms with Gasteiger partial charge in [-0.3, -0.25) is 0 Å². The van der Waals surface area contributed by atoms with E-state index in [0.29, 0.717) is 0 Å². The maximum atomic E-state index is 10.9. The van der Waals surface area contributed by atoms with E-state index in [-0.39, 0.29) is 76.4 Å². The van der Waals surface area contributed by atoms with Crippen LogP contribution in [0.15, 0.2) is 24.3 Å². The third-order valence-electron chi connectivity index (χ3n) is 1.95. The van der Waals surface area contributed by atoms with Gasteiger partial charge in [-0.15, -0.1) is 0 Å². The molecule has 1 atom stereocenters. The van der Waals surface area contributed by atoms with Crippen LogP contribution in [0.1, 0.15) is 5.56 Å². The van der Waals surface area contributed by atoms with Crippen molar-refractivity contribution >= 4 is 12.9 Å². The summed E-state index contributed by atoms with van der Waals surface area (Å²) in [6.07, 6.45) is -1.11. The first-order valence-corrected chi connectivity index (χ1v) is 5.89. The van der Waals surface area contributed by atoms with E-state index in [0.717, 1.165) is 0 Å². The van der Waals surface area contributed by atoms with E-state index in [9.17, 15) is 14.4 Å². The number of benzene rings is 1. The first-order valence-electron chi connectivity index (χ1n) is 4.34. The minimum Gasteiger partial charge on any atom is -0.807 e. The number of aliphatic hydroxyl groups is 2. The molecule has 1 unspecified atom stereocenters. The topological polar surface area (TPSA) is 104 Å². The Morgan fingerprint density at radius 3 is 2.24 bits per heavy atom. The van der Waals surface area contributed by atoms with Crippen molar-refractivity contribution in [2.24, 2.45) is 0 Å². The van der Waals surface area contributed by atoms with Crippen LogP contribution in [-0.2, 0) is 11.0 Å². The summed E-state index contributed by atoms with van der Waals surface area (Å²) >= 11 is 0. The van der Waals surface area contributed by atoms with Gasteiger partial charge < -0.3 is 24.6 Å². The largest absolute Gasteiger partial charge is 1.00 e. The molecule has 0 amide bonds. The van der Waals surface area contributed by atoms with Crippen LogP contribution in [0.3, 0.4) is 0 Å². The molecule has 0 saturated carbocycles. The Bertz CT molecular complexity index is 381. The summed E-state index contributed by atoms with van der Waals surface area (Å²) in [6, 6.07) is 5.64. The zero-order valence-corrected chi connectivity index (χ0v) is 14.8. The van der Waals surface area contributed by atoms with Gasteiger partial charge in [0.25, 0.3) is 0 Å². The molecule has 84 valence electrons. The van der Waals surface area contributed by atoms with E-state index in [2.05, 4.69) is 0 Å². The fraction of sp³-hybridized carbons (Fsp3) is 0.333. The van der Waals surface area contributed by atoms with Crippen LogP contribution in [-0.4, -0.2) is 22.9 Å². The molecule has 0 aliphatic heterocycles. The SMILES string of the molecule is O=P([O-])([O-])c1ccccc1CC(O)CO.[Na+].[Na+]. The monoisotopic (exact) mass is 276 g/mol. The summed E-state index contributed by atoms with van der Waals surface area (Å²) in [5.41, 5.74) is 0.229. The third kappa shape index (κ3) is 6.85. The van der Waals surface area contributed by atoms with Crippen molar-refractivity contribution in [1.29, 1.82) is 0 Å². The van der Waals surface area contributed by atoms with Gasteiger partial charge >= 0.3 is 59.1 Å². The molecule has 0 heterocycles. The molecule has 0 radical (unpaired) electrons. The van der Waals surface area contributed by atoms with Gasteiger partial charge in [0.1, 0.15) is 0 Å². The van der Waals surface area contributed by atoms with Crippen molar-refractivity contribution in [2.45, 2.75) is 12.5 Å². The first kappa shape index (κ1) is 20.6. The van der Waals surface area contributed by atoms with Gasteiger partial charge in [-0.2, -0.15) is 0 Å². The van der Waals surface area contributed by atoms with Crippen LogP contribution in [0, 0.1) is 0 Å². The zero-order chi connectivity index (χ0) is 11.5. The molecule has 2 N–H and O–H groups in total. The number of hydrogen-bond donors (Lipinski definition) is 2. The Hall–Kier alpha value is 1.29. The van der Waals surface area contributed by atoms with Gasteiger partial charge in [0.2, 0.25) is 0 Å². The molecule has 5 nitrogen and oxygen atoms in total. The average Bonchev–Trinajstić information content (AvgIpc) is 2.17. The molecular formula is C9H11Na2O5P. The summed E-state index contributed by atoms with van der Waals surface area (Å²) in [7, 11) is -4.82. The van der Waals surface area contributed by atoms with Crippen LogP contribution in [0.4, 0.5) is 0 Å². The molecule has 0 spiro atoms. The molecule has 0 aromatic heterocycles. The summed E-state index contributed by atoms with van der Waals surface area (Å²) < 4.78 is 10.9. The van der Waals surface area contributed by atoms with E-state index in [1.54, 1.807) is 6.07 Å². The van der Waals surface area contributed by atoms with Crippen molar-refractivity contribution in [3.05, 3.63) is 29.8 Å². The van der Waals surface area contributed by atoms with Crippen molar-refractivity contribution in [2.75, 3.05) is 6.61 Å². The number of hydrogen-bond acceptors (Lipinski definition) is 5. The van der Waals surface area contributed by atoms with Crippen LogP contribution in [0.25, 0.3) is 0 Å². The molecule has 8 heteroatoms. The second-order valence-corrected chi connectivity index (χ2v) is 4.64. The van der Waals surface area contributed by atoms with Crippen LogP contribution < -0.4 is 74.2 Å². The molecule has 0 fully saturated rings. The molecule has 17 heavy (non-hydrogen) atoms. The summed E-state index contributed by atoms with van der Waals surface area (Å²) in [4.78, 5) is 21.7. The van der Waals surface area contributed by atoms with Crippen molar-refractivity contribution in [3.8, 4) is 0 Å². The van der Waals surface area contributed by atoms with Crippen molar-refractivity contribution < 1.29 is 83.7 Å². The van der Waals surface area contributed by atoms with Gasteiger partial charge in [-0.25, -0.2) is 0 Å². The van der Waals surface area contributed by atoms with Crippen molar-refractivity contribution in [3.63, 3.8) is 0 Å². The van der Waals surface area contributed by atoms with Crippen LogP contribution in [0.5, 0.6) is 0 Å². The van der Waals surface area contributed by atoms with E-state index in [1.807, 2.05) is 0 Å². The predicted molar refractivity (Wildman–Crippen MR) is 50.5 cm³/mol. The average molecular weight is 276 g/mol. The Kier molecular flexibility index (Phi) is 11.2. The summed E-state index contributed by atoms with van der Waals surface area (Å²) in [5.74, 6) is 0. The van der Waals surface area contributed by atoms with Gasteiger partial charge in [0.05, 0.1) is 12.7 Å². The van der Waals surface area contributed by atoms with Gasteiger partial charge in [-0.05, 0) is 18.5 Å². The van der Waals surface area contributed by atoms with E-state index < -0.39 is 20.3 Å². The van der Waals surface area contributed by atoms with Gasteiger partial charge in [0, 0.05) is 6.42 Å². The molecule has 0 aliphatic carbocycles. The maximum Gasteiger partial charge on any atom is 1.00 e. The van der Waals surface area contributed by atoms with Gasteiger partial charge in [0.15, 0.2) is 0 Å². The van der Waals surface area contributed by atoms with E-state index in [1.165, 1.54) is 18.2 Å². The fourth-order valence-corrected chi connectivity index (χ4v) is 2.06. The first-order chi connectivity index (χ1) is 6.95. The minimum absolute atomic E-state index is 0. The molecule has 1 aromatic carbocycles. The maximum absolute atomic E-state index is 10.9. The Morgan fingerprint density at radius 1 is 1.24 bits per heavy atom. The quantitative estimate of drug-likeness (QED) is 0.420. The third-order valence-corrected chi connectivity index (χ3v) is 2.98. The smallest absolute Gasteiger partial charge is 0.807 e. The molecular weight excluding hydrogens is 265 g/mol. The molecule has 0 saturated heterocycles. The van der Waals surface area contributed by atoms with Crippen molar-refractivity contribution in [1.82, 2.24) is 0 Å². The van der Waals surface area contributed by atoms with Gasteiger partial charge in [-0.1, -0.05) is 24.3 Å². The Morgan fingerprint density at radius 2 is 1.76 bits per heavy atom. The fourth-order valence-electron chi connectivity index (χ4n) is 1.27. The van der Waals surface area contributed by atoms with Crippen LogP contribution >= 0.6 is 7.60 Å². The number of aliphatic hydroxyl groups excluding tert-OH is 2. The van der Waals surface area contributed by atoms with Crippen LogP contribution in [0.2, 0.25) is 0 Å². The second-order valence-electron chi connectivity index (χ2n) is 3.17. The molecule has 0 bridgehead atoms. The standard InChI is InChI=1S/C9H13O5P.2Na/c10-6-8(11)5-7-3-1-2-4-9(7)15(12,13)14;;/h1-4,8,10-11H,5-6H2,(H2,12,13,14);;/q;2*+1/p-2. The Labute approximate surface area is 144 Å². The summed E-state index contributed by atoms with van der Waals surface area (Å²) in [5, 5.41) is 17.5. The minimum atomic E-state index is -4.82. The zero-order valence-electron chi connectivity index (χ0n) is 9.87.